The van der Waals surface area contributed by atoms with E-state index in [4.69, 9.17) is 0 Å². The van der Waals surface area contributed by atoms with Crippen LogP contribution < -0.4 is 5.32 Å². The van der Waals surface area contributed by atoms with Crippen molar-refractivity contribution in [3.8, 4) is 16.3 Å². The number of halogens is 1. The number of rotatable bonds is 3. The molecule has 1 aromatic heterocycles. The van der Waals surface area contributed by atoms with Crippen LogP contribution in [-0.2, 0) is 0 Å². The number of nitrogens with one attached hydrogen (secondary N) is 1. The summed E-state index contributed by atoms with van der Waals surface area (Å²) in [7, 11) is 0. The minimum atomic E-state index is -0.312. The molecule has 100 valence electrons. The predicted molar refractivity (Wildman–Crippen MR) is 76.7 cm³/mol. The summed E-state index contributed by atoms with van der Waals surface area (Å²) in [6, 6.07) is 12.9. The average Bonchev–Trinajstić information content (AvgIpc) is 2.87. The number of benzene rings is 2. The van der Waals surface area contributed by atoms with Crippen LogP contribution in [0.3, 0.4) is 0 Å². The SMILES string of the molecule is Oc1cccc(-c2nnc(Nc3cccc(F)c3)s2)c1. The maximum Gasteiger partial charge on any atom is 0.210 e. The Labute approximate surface area is 118 Å². The van der Waals surface area contributed by atoms with Gasteiger partial charge in [0.25, 0.3) is 0 Å². The summed E-state index contributed by atoms with van der Waals surface area (Å²) in [6.07, 6.45) is 0. The number of aromatic nitrogens is 2. The van der Waals surface area contributed by atoms with E-state index in [0.717, 1.165) is 5.56 Å². The predicted octanol–water partition coefficient (Wildman–Crippen LogP) is 3.79. The van der Waals surface area contributed by atoms with Crippen LogP contribution in [0.5, 0.6) is 5.75 Å². The van der Waals surface area contributed by atoms with Crippen LogP contribution in [0.4, 0.5) is 15.2 Å². The molecule has 0 radical (unpaired) electrons. The molecule has 0 aliphatic rings. The fraction of sp³-hybridized carbons (Fsp3) is 0. The number of phenolic OH excluding ortho intramolecular Hbond substituents is 1. The molecule has 20 heavy (non-hydrogen) atoms. The number of hydrogen-bond acceptors (Lipinski definition) is 5. The Hall–Kier alpha value is -2.47. The second-order valence-corrected chi connectivity index (χ2v) is 5.08. The van der Waals surface area contributed by atoms with E-state index in [0.29, 0.717) is 15.8 Å². The van der Waals surface area contributed by atoms with Gasteiger partial charge >= 0.3 is 0 Å². The number of nitrogens with zero attached hydrogens (tertiary/aromatic N) is 2. The summed E-state index contributed by atoms with van der Waals surface area (Å²) in [6.45, 7) is 0. The first-order chi connectivity index (χ1) is 9.70. The van der Waals surface area contributed by atoms with E-state index in [-0.39, 0.29) is 11.6 Å². The maximum absolute atomic E-state index is 13.1. The molecule has 2 N–H and O–H groups in total. The summed E-state index contributed by atoms with van der Waals surface area (Å²) in [5.74, 6) is -0.134. The molecule has 0 spiro atoms. The van der Waals surface area contributed by atoms with E-state index in [2.05, 4.69) is 15.5 Å². The smallest absolute Gasteiger partial charge is 0.210 e. The van der Waals surface area contributed by atoms with Gasteiger partial charge in [-0.2, -0.15) is 0 Å². The third-order valence-electron chi connectivity index (χ3n) is 2.59. The van der Waals surface area contributed by atoms with Crippen LogP contribution in [0, 0.1) is 5.82 Å². The highest BCUT2D eigenvalue weighted by Gasteiger charge is 2.07. The van der Waals surface area contributed by atoms with Crippen molar-refractivity contribution in [3.05, 3.63) is 54.3 Å². The van der Waals surface area contributed by atoms with Crippen LogP contribution in [0.15, 0.2) is 48.5 Å². The van der Waals surface area contributed by atoms with Crippen molar-refractivity contribution >= 4 is 22.2 Å². The highest BCUT2D eigenvalue weighted by atomic mass is 32.1. The Bertz CT molecular complexity index is 745. The Morgan fingerprint density at radius 2 is 1.90 bits per heavy atom. The summed E-state index contributed by atoms with van der Waals surface area (Å²) in [5.41, 5.74) is 1.40. The van der Waals surface area contributed by atoms with Gasteiger partial charge in [0.05, 0.1) is 0 Å². The lowest BCUT2D eigenvalue weighted by Crippen LogP contribution is -1.89. The average molecular weight is 287 g/mol. The first kappa shape index (κ1) is 12.6. The summed E-state index contributed by atoms with van der Waals surface area (Å²) < 4.78 is 13.1. The Morgan fingerprint density at radius 1 is 1.05 bits per heavy atom. The van der Waals surface area contributed by atoms with E-state index in [1.807, 2.05) is 6.07 Å². The summed E-state index contributed by atoms with van der Waals surface area (Å²) >= 11 is 1.33. The molecule has 0 saturated heterocycles. The van der Waals surface area contributed by atoms with Crippen molar-refractivity contribution in [1.82, 2.24) is 10.2 Å². The Kier molecular flexibility index (Phi) is 3.30. The monoisotopic (exact) mass is 287 g/mol. The van der Waals surface area contributed by atoms with E-state index >= 15 is 0 Å². The van der Waals surface area contributed by atoms with Gasteiger partial charge in [0, 0.05) is 11.3 Å². The molecule has 0 aliphatic carbocycles. The van der Waals surface area contributed by atoms with Gasteiger partial charge in [-0.15, -0.1) is 10.2 Å². The molecule has 3 rings (SSSR count). The van der Waals surface area contributed by atoms with E-state index in [1.54, 1.807) is 30.3 Å². The van der Waals surface area contributed by atoms with Crippen molar-refractivity contribution < 1.29 is 9.50 Å². The van der Waals surface area contributed by atoms with E-state index in [1.165, 1.54) is 23.5 Å². The van der Waals surface area contributed by atoms with Crippen molar-refractivity contribution in [3.63, 3.8) is 0 Å². The lowest BCUT2D eigenvalue weighted by atomic mass is 10.2. The molecule has 2 aromatic carbocycles. The number of aromatic hydroxyl groups is 1. The van der Waals surface area contributed by atoms with Gasteiger partial charge in [-0.3, -0.25) is 0 Å². The van der Waals surface area contributed by atoms with E-state index in [9.17, 15) is 9.50 Å². The van der Waals surface area contributed by atoms with Crippen molar-refractivity contribution in [2.45, 2.75) is 0 Å². The third-order valence-corrected chi connectivity index (χ3v) is 3.48. The van der Waals surface area contributed by atoms with Crippen molar-refractivity contribution in [2.75, 3.05) is 5.32 Å². The topological polar surface area (TPSA) is 58.0 Å². The number of phenols is 1. The Morgan fingerprint density at radius 3 is 2.70 bits per heavy atom. The van der Waals surface area contributed by atoms with Crippen LogP contribution in [-0.4, -0.2) is 15.3 Å². The molecule has 0 aliphatic heterocycles. The lowest BCUT2D eigenvalue weighted by Gasteiger charge is -2.00. The quantitative estimate of drug-likeness (QED) is 0.769. The fourth-order valence-corrected chi connectivity index (χ4v) is 2.48. The second-order valence-electron chi connectivity index (χ2n) is 4.10. The molecule has 4 nitrogen and oxygen atoms in total. The highest BCUT2D eigenvalue weighted by molar-refractivity contribution is 7.18. The minimum absolute atomic E-state index is 0.178. The Balaban J connectivity index is 1.84. The molecule has 0 unspecified atom stereocenters. The molecular formula is C14H10FN3OS. The fourth-order valence-electron chi connectivity index (χ4n) is 1.72. The van der Waals surface area contributed by atoms with Gasteiger partial charge in [-0.05, 0) is 30.3 Å². The van der Waals surface area contributed by atoms with Gasteiger partial charge in [0.2, 0.25) is 5.13 Å². The zero-order chi connectivity index (χ0) is 13.9. The lowest BCUT2D eigenvalue weighted by molar-refractivity contribution is 0.475. The van der Waals surface area contributed by atoms with Crippen LogP contribution in [0.25, 0.3) is 10.6 Å². The standard InChI is InChI=1S/C14H10FN3OS/c15-10-4-2-5-11(8-10)16-14-18-17-13(20-14)9-3-1-6-12(19)7-9/h1-8,19H,(H,16,18). The number of hydrogen-bond donors (Lipinski definition) is 2. The summed E-state index contributed by atoms with van der Waals surface area (Å²) in [4.78, 5) is 0. The van der Waals surface area contributed by atoms with E-state index < -0.39 is 0 Å². The molecule has 6 heteroatoms. The van der Waals surface area contributed by atoms with Crippen molar-refractivity contribution in [2.24, 2.45) is 0 Å². The van der Waals surface area contributed by atoms with Crippen LogP contribution in [0.1, 0.15) is 0 Å². The minimum Gasteiger partial charge on any atom is -0.508 e. The largest absolute Gasteiger partial charge is 0.508 e. The molecule has 0 fully saturated rings. The first-order valence-corrected chi connectivity index (χ1v) is 6.68. The highest BCUT2D eigenvalue weighted by Crippen LogP contribution is 2.29. The zero-order valence-electron chi connectivity index (χ0n) is 10.2. The third kappa shape index (κ3) is 2.75. The van der Waals surface area contributed by atoms with Crippen LogP contribution >= 0.6 is 11.3 Å². The van der Waals surface area contributed by atoms with Gasteiger partial charge in [-0.1, -0.05) is 29.5 Å². The molecule has 0 amide bonds. The number of anilines is 2. The van der Waals surface area contributed by atoms with Crippen molar-refractivity contribution in [1.29, 1.82) is 0 Å². The first-order valence-electron chi connectivity index (χ1n) is 5.86. The molecule has 1 heterocycles. The second kappa shape index (κ2) is 5.26. The molecule has 0 saturated carbocycles. The molecule has 0 bridgehead atoms. The van der Waals surface area contributed by atoms with Gasteiger partial charge in [0.1, 0.15) is 16.6 Å². The zero-order valence-corrected chi connectivity index (χ0v) is 11.1. The van der Waals surface area contributed by atoms with Gasteiger partial charge < -0.3 is 10.4 Å². The van der Waals surface area contributed by atoms with Gasteiger partial charge in [0.15, 0.2) is 0 Å². The maximum atomic E-state index is 13.1. The van der Waals surface area contributed by atoms with Gasteiger partial charge in [-0.25, -0.2) is 4.39 Å². The normalized spacial score (nSPS) is 10.4. The summed E-state index contributed by atoms with van der Waals surface area (Å²) in [5, 5.41) is 21.7. The molecular weight excluding hydrogens is 277 g/mol. The van der Waals surface area contributed by atoms with Crippen LogP contribution in [0.2, 0.25) is 0 Å². The molecule has 3 aromatic rings. The molecule has 0 atom stereocenters.